The molecule has 0 bridgehead atoms. The van der Waals surface area contributed by atoms with Crippen molar-refractivity contribution in [3.63, 3.8) is 0 Å². The minimum atomic E-state index is -0.413. The van der Waals surface area contributed by atoms with Gasteiger partial charge in [-0.05, 0) is 31.6 Å². The summed E-state index contributed by atoms with van der Waals surface area (Å²) in [6.07, 6.45) is 3.96. The molecule has 3 N–H and O–H groups in total. The molecular weight excluding hydrogens is 296 g/mol. The molecule has 2 heterocycles. The fourth-order valence-electron chi connectivity index (χ4n) is 3.32. The zero-order valence-electron chi connectivity index (χ0n) is 13.7. The Bertz CT molecular complexity index is 427. The van der Waals surface area contributed by atoms with Gasteiger partial charge in [0.05, 0.1) is 12.6 Å². The molecule has 0 spiro atoms. The average Bonchev–Trinajstić information content (AvgIpc) is 3.39. The Labute approximate surface area is 137 Å². The van der Waals surface area contributed by atoms with Crippen LogP contribution in [0.25, 0.3) is 0 Å². The topological polar surface area (TPSA) is 87.9 Å². The zero-order valence-corrected chi connectivity index (χ0v) is 13.7. The lowest BCUT2D eigenvalue weighted by Gasteiger charge is -2.37. The first-order valence-corrected chi connectivity index (χ1v) is 8.77. The first-order chi connectivity index (χ1) is 11.1. The molecule has 130 valence electrons. The van der Waals surface area contributed by atoms with Crippen molar-refractivity contribution in [2.45, 2.75) is 37.8 Å². The lowest BCUT2D eigenvalue weighted by molar-refractivity contribution is -0.136. The number of hydrogen-bond acceptors (Lipinski definition) is 5. The molecule has 0 aromatic rings. The smallest absolute Gasteiger partial charge is 0.239 e. The second-order valence-corrected chi connectivity index (χ2v) is 6.92. The number of nitrogens with two attached hydrogens (primary N) is 1. The Balaban J connectivity index is 1.40. The van der Waals surface area contributed by atoms with Crippen molar-refractivity contribution < 1.29 is 14.3 Å². The van der Waals surface area contributed by atoms with Gasteiger partial charge in [0.1, 0.15) is 0 Å². The van der Waals surface area contributed by atoms with E-state index in [9.17, 15) is 9.59 Å². The number of carbonyl (C=O) groups is 2. The lowest BCUT2D eigenvalue weighted by atomic mass is 9.91. The number of nitrogens with zero attached hydrogens (tertiary/aromatic N) is 2. The molecule has 2 aliphatic heterocycles. The highest BCUT2D eigenvalue weighted by Crippen LogP contribution is 2.20. The van der Waals surface area contributed by atoms with Gasteiger partial charge in [0, 0.05) is 45.4 Å². The van der Waals surface area contributed by atoms with Crippen LogP contribution < -0.4 is 11.1 Å². The van der Waals surface area contributed by atoms with E-state index in [1.54, 1.807) is 0 Å². The molecule has 0 aromatic carbocycles. The van der Waals surface area contributed by atoms with Gasteiger partial charge in [-0.2, -0.15) is 0 Å². The summed E-state index contributed by atoms with van der Waals surface area (Å²) in [7, 11) is 0. The molecule has 0 aromatic heterocycles. The van der Waals surface area contributed by atoms with Crippen LogP contribution in [0.1, 0.15) is 25.7 Å². The average molecular weight is 324 g/mol. The molecule has 2 saturated heterocycles. The molecule has 3 rings (SSSR count). The molecule has 3 aliphatic rings. The van der Waals surface area contributed by atoms with E-state index in [0.717, 1.165) is 38.8 Å². The number of amides is 2. The summed E-state index contributed by atoms with van der Waals surface area (Å²) in [6, 6.07) is -0.00791. The Hall–Kier alpha value is -1.18. The van der Waals surface area contributed by atoms with E-state index in [4.69, 9.17) is 10.5 Å². The van der Waals surface area contributed by atoms with E-state index in [2.05, 4.69) is 10.2 Å². The van der Waals surface area contributed by atoms with E-state index in [1.807, 2.05) is 4.90 Å². The maximum absolute atomic E-state index is 12.5. The van der Waals surface area contributed by atoms with Crippen molar-refractivity contribution in [2.24, 2.45) is 11.7 Å². The SMILES string of the molecule is NC(C(=O)N1CCN(CC(=O)NC2CC2)CC1)C1CCOCC1. The van der Waals surface area contributed by atoms with E-state index in [1.165, 1.54) is 0 Å². The van der Waals surface area contributed by atoms with Crippen LogP contribution in [0.2, 0.25) is 0 Å². The molecule has 23 heavy (non-hydrogen) atoms. The van der Waals surface area contributed by atoms with Crippen LogP contribution in [0, 0.1) is 5.92 Å². The Morgan fingerprint density at radius 2 is 1.74 bits per heavy atom. The van der Waals surface area contributed by atoms with Gasteiger partial charge in [0.25, 0.3) is 0 Å². The standard InChI is InChI=1S/C16H28N4O3/c17-15(12-3-9-23-10-4-12)16(22)20-7-5-19(6-8-20)11-14(21)18-13-1-2-13/h12-13,15H,1-11,17H2,(H,18,21). The largest absolute Gasteiger partial charge is 0.381 e. The van der Waals surface area contributed by atoms with Crippen molar-refractivity contribution in [1.82, 2.24) is 15.1 Å². The highest BCUT2D eigenvalue weighted by atomic mass is 16.5. The number of carbonyl (C=O) groups excluding carboxylic acids is 2. The van der Waals surface area contributed by atoms with E-state index >= 15 is 0 Å². The third-order valence-electron chi connectivity index (χ3n) is 5.05. The quantitative estimate of drug-likeness (QED) is 0.689. The summed E-state index contributed by atoms with van der Waals surface area (Å²) in [4.78, 5) is 28.3. The number of nitrogens with one attached hydrogen (secondary N) is 1. The van der Waals surface area contributed by atoms with Crippen LogP contribution in [-0.2, 0) is 14.3 Å². The normalized spacial score (nSPS) is 25.2. The fourth-order valence-corrected chi connectivity index (χ4v) is 3.32. The van der Waals surface area contributed by atoms with Crippen LogP contribution in [0.4, 0.5) is 0 Å². The third kappa shape index (κ3) is 4.65. The van der Waals surface area contributed by atoms with E-state index < -0.39 is 6.04 Å². The van der Waals surface area contributed by atoms with Crippen molar-refractivity contribution in [1.29, 1.82) is 0 Å². The molecule has 1 saturated carbocycles. The van der Waals surface area contributed by atoms with Crippen molar-refractivity contribution in [2.75, 3.05) is 45.9 Å². The summed E-state index contributed by atoms with van der Waals surface area (Å²) in [5, 5.41) is 3.00. The van der Waals surface area contributed by atoms with Crippen molar-refractivity contribution in [3.05, 3.63) is 0 Å². The van der Waals surface area contributed by atoms with Crippen molar-refractivity contribution in [3.8, 4) is 0 Å². The van der Waals surface area contributed by atoms with Gasteiger partial charge in [-0.15, -0.1) is 0 Å². The van der Waals surface area contributed by atoms with Gasteiger partial charge in [-0.25, -0.2) is 0 Å². The van der Waals surface area contributed by atoms with Crippen molar-refractivity contribution >= 4 is 11.8 Å². The first-order valence-electron chi connectivity index (χ1n) is 8.77. The van der Waals surface area contributed by atoms with Gasteiger partial charge in [0.2, 0.25) is 11.8 Å². The van der Waals surface area contributed by atoms with Crippen LogP contribution in [0.5, 0.6) is 0 Å². The molecule has 3 fully saturated rings. The summed E-state index contributed by atoms with van der Waals surface area (Å²) in [5.41, 5.74) is 6.18. The predicted molar refractivity (Wildman–Crippen MR) is 85.7 cm³/mol. The Kier molecular flexibility index (Phi) is 5.50. The molecule has 1 aliphatic carbocycles. The van der Waals surface area contributed by atoms with E-state index in [0.29, 0.717) is 38.9 Å². The summed E-state index contributed by atoms with van der Waals surface area (Å²) in [6.45, 7) is 4.64. The second-order valence-electron chi connectivity index (χ2n) is 6.92. The van der Waals surface area contributed by atoms with Crippen LogP contribution in [0.3, 0.4) is 0 Å². The van der Waals surface area contributed by atoms with Gasteiger partial charge in [-0.3, -0.25) is 14.5 Å². The minimum Gasteiger partial charge on any atom is -0.381 e. The van der Waals surface area contributed by atoms with Crippen LogP contribution in [-0.4, -0.2) is 79.6 Å². The van der Waals surface area contributed by atoms with Gasteiger partial charge < -0.3 is 20.7 Å². The highest BCUT2D eigenvalue weighted by molar-refractivity contribution is 5.82. The molecule has 1 atom stereocenters. The number of hydrogen-bond donors (Lipinski definition) is 2. The monoisotopic (exact) mass is 324 g/mol. The Morgan fingerprint density at radius 1 is 1.09 bits per heavy atom. The van der Waals surface area contributed by atoms with Gasteiger partial charge in [0.15, 0.2) is 0 Å². The number of piperazine rings is 1. The molecule has 7 heteroatoms. The predicted octanol–water partition coefficient (Wildman–Crippen LogP) is -0.837. The lowest BCUT2D eigenvalue weighted by Crippen LogP contribution is -2.56. The van der Waals surface area contributed by atoms with Crippen LogP contribution in [0.15, 0.2) is 0 Å². The number of rotatable bonds is 5. The zero-order chi connectivity index (χ0) is 16.2. The molecule has 1 unspecified atom stereocenters. The second kappa shape index (κ2) is 7.59. The third-order valence-corrected chi connectivity index (χ3v) is 5.05. The van der Waals surface area contributed by atoms with Crippen LogP contribution >= 0.6 is 0 Å². The fraction of sp³-hybridized carbons (Fsp3) is 0.875. The first kappa shape index (κ1) is 16.7. The maximum atomic E-state index is 12.5. The number of ether oxygens (including phenoxy) is 1. The van der Waals surface area contributed by atoms with Gasteiger partial charge >= 0.3 is 0 Å². The minimum absolute atomic E-state index is 0.0546. The van der Waals surface area contributed by atoms with Gasteiger partial charge in [-0.1, -0.05) is 0 Å². The Morgan fingerprint density at radius 3 is 2.35 bits per heavy atom. The molecule has 7 nitrogen and oxygen atoms in total. The highest BCUT2D eigenvalue weighted by Gasteiger charge is 2.32. The summed E-state index contributed by atoms with van der Waals surface area (Å²) >= 11 is 0. The molecule has 0 radical (unpaired) electrons. The summed E-state index contributed by atoms with van der Waals surface area (Å²) in [5.74, 6) is 0.392. The summed E-state index contributed by atoms with van der Waals surface area (Å²) < 4.78 is 5.33. The van der Waals surface area contributed by atoms with E-state index in [-0.39, 0.29) is 17.7 Å². The molecule has 2 amide bonds. The maximum Gasteiger partial charge on any atom is 0.239 e. The molecular formula is C16H28N4O3.